The van der Waals surface area contributed by atoms with E-state index < -0.39 is 0 Å². The van der Waals surface area contributed by atoms with Crippen molar-refractivity contribution >= 4 is 28.9 Å². The van der Waals surface area contributed by atoms with Crippen LogP contribution in [0.3, 0.4) is 0 Å². The van der Waals surface area contributed by atoms with Crippen LogP contribution >= 0.6 is 23.2 Å². The van der Waals surface area contributed by atoms with Crippen LogP contribution < -0.4 is 10.1 Å². The summed E-state index contributed by atoms with van der Waals surface area (Å²) >= 11 is 12.2. The van der Waals surface area contributed by atoms with Crippen LogP contribution in [-0.2, 0) is 0 Å². The number of methoxy groups -OCH3 is 1. The summed E-state index contributed by atoms with van der Waals surface area (Å²) in [6.45, 7) is 4.12. The van der Waals surface area contributed by atoms with Crippen molar-refractivity contribution in [3.63, 3.8) is 0 Å². The van der Waals surface area contributed by atoms with Crippen LogP contribution in [0.1, 0.15) is 24.1 Å². The molecular formula is C16H17Cl2NO. The van der Waals surface area contributed by atoms with Gasteiger partial charge in [0.1, 0.15) is 5.75 Å². The van der Waals surface area contributed by atoms with E-state index in [4.69, 9.17) is 27.9 Å². The van der Waals surface area contributed by atoms with Crippen molar-refractivity contribution in [2.24, 2.45) is 0 Å². The number of anilines is 1. The number of halogens is 2. The second-order valence-electron chi connectivity index (χ2n) is 4.71. The zero-order valence-electron chi connectivity index (χ0n) is 11.7. The van der Waals surface area contributed by atoms with Gasteiger partial charge < -0.3 is 10.1 Å². The molecule has 2 rings (SSSR count). The number of benzene rings is 2. The van der Waals surface area contributed by atoms with E-state index in [1.165, 1.54) is 5.56 Å². The third-order valence-corrected chi connectivity index (χ3v) is 3.99. The van der Waals surface area contributed by atoms with E-state index in [0.717, 1.165) is 17.0 Å². The molecule has 0 saturated carbocycles. The van der Waals surface area contributed by atoms with E-state index in [0.29, 0.717) is 10.0 Å². The lowest BCUT2D eigenvalue weighted by atomic mass is 10.0. The minimum absolute atomic E-state index is 0.0563. The standard InChI is InChI=1S/C16H17Cl2NO/c1-10-7-8-15(20-3)12(9-10)11(2)19-14-6-4-5-13(17)16(14)18/h4-9,11,19H,1-3H3. The van der Waals surface area contributed by atoms with Gasteiger partial charge in [-0.1, -0.05) is 47.0 Å². The van der Waals surface area contributed by atoms with Gasteiger partial charge in [-0.25, -0.2) is 0 Å². The molecule has 0 spiro atoms. The van der Waals surface area contributed by atoms with Gasteiger partial charge in [0.25, 0.3) is 0 Å². The molecule has 0 radical (unpaired) electrons. The molecule has 1 unspecified atom stereocenters. The Bertz CT molecular complexity index is 613. The van der Waals surface area contributed by atoms with Crippen molar-refractivity contribution in [2.75, 3.05) is 12.4 Å². The van der Waals surface area contributed by atoms with Crippen LogP contribution in [0.2, 0.25) is 10.0 Å². The van der Waals surface area contributed by atoms with E-state index in [-0.39, 0.29) is 6.04 Å². The van der Waals surface area contributed by atoms with Crippen LogP contribution in [-0.4, -0.2) is 7.11 Å². The summed E-state index contributed by atoms with van der Waals surface area (Å²) in [6.07, 6.45) is 0. The maximum Gasteiger partial charge on any atom is 0.124 e. The SMILES string of the molecule is COc1ccc(C)cc1C(C)Nc1cccc(Cl)c1Cl. The highest BCUT2D eigenvalue weighted by molar-refractivity contribution is 6.43. The summed E-state index contributed by atoms with van der Waals surface area (Å²) < 4.78 is 5.41. The monoisotopic (exact) mass is 309 g/mol. The van der Waals surface area contributed by atoms with Gasteiger partial charge in [-0.2, -0.15) is 0 Å². The molecule has 1 N–H and O–H groups in total. The zero-order valence-corrected chi connectivity index (χ0v) is 13.2. The summed E-state index contributed by atoms with van der Waals surface area (Å²) in [5.41, 5.74) is 3.09. The van der Waals surface area contributed by atoms with E-state index in [1.807, 2.05) is 24.3 Å². The minimum Gasteiger partial charge on any atom is -0.496 e. The summed E-state index contributed by atoms with van der Waals surface area (Å²) in [5.74, 6) is 0.855. The summed E-state index contributed by atoms with van der Waals surface area (Å²) in [5, 5.41) is 4.45. The molecule has 0 aromatic heterocycles. The average Bonchev–Trinajstić information content (AvgIpc) is 2.43. The average molecular weight is 310 g/mol. The topological polar surface area (TPSA) is 21.3 Å². The normalized spacial score (nSPS) is 12.1. The van der Waals surface area contributed by atoms with Crippen LogP contribution in [0.15, 0.2) is 36.4 Å². The van der Waals surface area contributed by atoms with Gasteiger partial charge in [0.15, 0.2) is 0 Å². The van der Waals surface area contributed by atoms with Gasteiger partial charge in [0, 0.05) is 5.56 Å². The van der Waals surface area contributed by atoms with E-state index in [2.05, 4.69) is 25.2 Å². The number of ether oxygens (including phenoxy) is 1. The predicted molar refractivity (Wildman–Crippen MR) is 86.2 cm³/mol. The fourth-order valence-corrected chi connectivity index (χ4v) is 2.47. The largest absolute Gasteiger partial charge is 0.496 e. The van der Waals surface area contributed by atoms with Gasteiger partial charge in [-0.15, -0.1) is 0 Å². The molecule has 0 heterocycles. The van der Waals surface area contributed by atoms with E-state index in [9.17, 15) is 0 Å². The van der Waals surface area contributed by atoms with Crippen LogP contribution in [0.4, 0.5) is 5.69 Å². The van der Waals surface area contributed by atoms with Gasteiger partial charge in [0.2, 0.25) is 0 Å². The fraction of sp³-hybridized carbons (Fsp3) is 0.250. The Morgan fingerprint density at radius 2 is 1.90 bits per heavy atom. The van der Waals surface area contributed by atoms with Crippen LogP contribution in [0.25, 0.3) is 0 Å². The summed E-state index contributed by atoms with van der Waals surface area (Å²) in [7, 11) is 1.67. The molecule has 0 bridgehead atoms. The molecule has 0 saturated heterocycles. The zero-order chi connectivity index (χ0) is 14.7. The molecule has 0 fully saturated rings. The predicted octanol–water partition coefficient (Wildman–Crippen LogP) is 5.48. The lowest BCUT2D eigenvalue weighted by Gasteiger charge is -2.20. The molecular weight excluding hydrogens is 293 g/mol. The van der Waals surface area contributed by atoms with E-state index >= 15 is 0 Å². The Morgan fingerprint density at radius 3 is 2.60 bits per heavy atom. The molecule has 2 aromatic carbocycles. The third-order valence-electron chi connectivity index (χ3n) is 3.18. The molecule has 2 nitrogen and oxygen atoms in total. The highest BCUT2D eigenvalue weighted by Crippen LogP contribution is 2.34. The van der Waals surface area contributed by atoms with Crippen molar-refractivity contribution in [3.05, 3.63) is 57.6 Å². The quantitative estimate of drug-likeness (QED) is 0.807. The molecule has 0 amide bonds. The third kappa shape index (κ3) is 3.20. The van der Waals surface area contributed by atoms with Gasteiger partial charge >= 0.3 is 0 Å². The Hall–Kier alpha value is -1.38. The lowest BCUT2D eigenvalue weighted by Crippen LogP contribution is -2.09. The second kappa shape index (κ2) is 6.38. The van der Waals surface area contributed by atoms with Crippen molar-refractivity contribution in [2.45, 2.75) is 19.9 Å². The number of hydrogen-bond acceptors (Lipinski definition) is 2. The fourth-order valence-electron chi connectivity index (χ4n) is 2.12. The molecule has 1 atom stereocenters. The minimum atomic E-state index is 0.0563. The summed E-state index contributed by atoms with van der Waals surface area (Å²) in [4.78, 5) is 0. The molecule has 20 heavy (non-hydrogen) atoms. The maximum absolute atomic E-state index is 6.20. The Balaban J connectivity index is 2.30. The highest BCUT2D eigenvalue weighted by atomic mass is 35.5. The van der Waals surface area contributed by atoms with Crippen molar-refractivity contribution in [1.82, 2.24) is 0 Å². The summed E-state index contributed by atoms with van der Waals surface area (Å²) in [6, 6.07) is 11.7. The highest BCUT2D eigenvalue weighted by Gasteiger charge is 2.13. The second-order valence-corrected chi connectivity index (χ2v) is 5.50. The van der Waals surface area contributed by atoms with Crippen molar-refractivity contribution in [3.8, 4) is 5.75 Å². The Morgan fingerprint density at radius 1 is 1.15 bits per heavy atom. The number of nitrogens with one attached hydrogen (secondary N) is 1. The smallest absolute Gasteiger partial charge is 0.124 e. The Kier molecular flexibility index (Phi) is 4.79. The van der Waals surface area contributed by atoms with Crippen molar-refractivity contribution < 1.29 is 4.74 Å². The molecule has 0 aliphatic carbocycles. The first kappa shape index (κ1) is 15.0. The van der Waals surface area contributed by atoms with Crippen molar-refractivity contribution in [1.29, 1.82) is 0 Å². The molecule has 106 valence electrons. The maximum atomic E-state index is 6.20. The van der Waals surface area contributed by atoms with Crippen LogP contribution in [0.5, 0.6) is 5.75 Å². The molecule has 2 aromatic rings. The van der Waals surface area contributed by atoms with Gasteiger partial charge in [0.05, 0.1) is 28.9 Å². The first-order chi connectivity index (χ1) is 9.52. The first-order valence-electron chi connectivity index (χ1n) is 6.38. The van der Waals surface area contributed by atoms with E-state index in [1.54, 1.807) is 13.2 Å². The number of rotatable bonds is 4. The first-order valence-corrected chi connectivity index (χ1v) is 7.13. The number of hydrogen-bond donors (Lipinski definition) is 1. The Labute approximate surface area is 129 Å². The van der Waals surface area contributed by atoms with Gasteiger partial charge in [-0.3, -0.25) is 0 Å². The molecule has 0 aliphatic rings. The lowest BCUT2D eigenvalue weighted by molar-refractivity contribution is 0.408. The van der Waals surface area contributed by atoms with Gasteiger partial charge in [-0.05, 0) is 32.0 Å². The number of aryl methyl sites for hydroxylation is 1. The molecule has 4 heteroatoms. The van der Waals surface area contributed by atoms with Crippen LogP contribution in [0, 0.1) is 6.92 Å². The molecule has 0 aliphatic heterocycles.